The maximum absolute atomic E-state index is 12.2. The minimum atomic E-state index is -5.56. The summed E-state index contributed by atoms with van der Waals surface area (Å²) >= 11 is 0. The smallest absolute Gasteiger partial charge is 0.413 e. The molecule has 0 aliphatic carbocycles. The fraction of sp³-hybridized carbons (Fsp3) is 1.00. The number of rotatable bonds is 29. The Morgan fingerprint density at radius 3 is 1.11 bits per heavy atom. The van der Waals surface area contributed by atoms with Crippen LogP contribution in [0.4, 0.5) is 0 Å². The van der Waals surface area contributed by atoms with Gasteiger partial charge in [-0.05, 0) is 52.9 Å². The van der Waals surface area contributed by atoms with Crippen molar-refractivity contribution in [2.45, 2.75) is 267 Å². The Morgan fingerprint density at radius 2 is 0.750 bits per heavy atom. The maximum atomic E-state index is 12.2. The van der Waals surface area contributed by atoms with E-state index >= 15 is 0 Å². The third kappa shape index (κ3) is 19.4. The SMILES string of the molecule is CCCS(=O)(=O)CCCO[C@@H]1OC(C)[C@@H](O[C@H]2OC(CC)[C@@H](O[C@@H]3OC(C)[C@@H](O[C@H]4OC(CC)[C@@H](O[C@@H]5OC(C)[C@@H](O[C@H]6OC(CC)[C@@H](O)[C@H](O)C6NOS(=O)(=O)[O-])[C@@H](O)C5C)[C@H](O)C4NOS(=O)(=O)[O-])[C@@H](O)C3C)[C@H](O)C2NOS(=O)(=O)O)[C@@H](O)C1C. The van der Waals surface area contributed by atoms with Gasteiger partial charge in [-0.2, -0.15) is 37.7 Å². The molecule has 0 amide bonds. The van der Waals surface area contributed by atoms with Crippen molar-refractivity contribution in [3.8, 4) is 0 Å². The molecular formula is C48H87N3O33S4-2. The van der Waals surface area contributed by atoms with Gasteiger partial charge < -0.3 is 102 Å². The molecule has 0 radical (unpaired) electrons. The quantitative estimate of drug-likeness (QED) is 0.0146. The molecule has 6 saturated heterocycles. The van der Waals surface area contributed by atoms with E-state index in [-0.39, 0.29) is 43.8 Å². The molecule has 6 fully saturated rings. The van der Waals surface area contributed by atoms with Crippen molar-refractivity contribution in [2.75, 3.05) is 18.1 Å². The summed E-state index contributed by atoms with van der Waals surface area (Å²) in [5.74, 6) is -3.08. The summed E-state index contributed by atoms with van der Waals surface area (Å²) in [6.45, 7) is 15.4. The standard InChI is InChI=1S/C48H89N3O33S4/c1-11-17-85(59,60)18-15-16-70-43-19(5)31(52)38(22(8)71-43)78-47-29(50-83-87(64,65)66)36(57)41(26(13-3)75-47)81-45-21(7)33(54)40(24(10)73-45)79-48-30(51-84-88(67,68)69)37(58)42(27(14-4)76-48)80-44-20(6)32(53)39(23(9)72-44)77-46-28(49-82-86(61,62)63)35(56)34(55)25(12-2)74-46/h19-58H,11-18H2,1-10H3,(H,61,62,63)(H,64,65,66)(H,67,68,69)/p-2/t19?,20?,21?,22?,23?,24?,25?,26?,27?,28?,29?,30?,31-,32-,33-,34+,35+,36+,37+,38+,39+,40+,41+,42+,43+,44-,45-,46+,47+,48+/m0/s1. The van der Waals surface area contributed by atoms with Gasteiger partial charge in [-0.15, -0.1) is 0 Å². The molecule has 6 rings (SSSR count). The van der Waals surface area contributed by atoms with Gasteiger partial charge in [0.2, 0.25) is 20.8 Å². The van der Waals surface area contributed by atoms with Crippen molar-refractivity contribution in [3.05, 3.63) is 0 Å². The van der Waals surface area contributed by atoms with Crippen LogP contribution in [0.3, 0.4) is 0 Å². The van der Waals surface area contributed by atoms with Crippen molar-refractivity contribution < 1.29 is 153 Å². The van der Waals surface area contributed by atoms with Crippen LogP contribution in [0.15, 0.2) is 0 Å². The summed E-state index contributed by atoms with van der Waals surface area (Å²) in [5.41, 5.74) is 5.83. The first-order valence-electron chi connectivity index (χ1n) is 28.9. The van der Waals surface area contributed by atoms with Crippen molar-refractivity contribution >= 4 is 41.0 Å². The number of hydrogen-bond donors (Lipinski definition) is 11. The Hall–Kier alpha value is -1.32. The summed E-state index contributed by atoms with van der Waals surface area (Å²) in [7, 11) is -19.5. The van der Waals surface area contributed by atoms with Crippen LogP contribution in [0, 0.1) is 17.8 Å². The molecule has 0 spiro atoms. The number of aliphatic hydroxyl groups excluding tert-OH is 7. The van der Waals surface area contributed by atoms with Gasteiger partial charge in [0.25, 0.3) is 0 Å². The summed E-state index contributed by atoms with van der Waals surface area (Å²) < 4.78 is 213. The third-order valence-corrected chi connectivity index (χ3v) is 19.2. The molecule has 0 aromatic carbocycles. The average molecular weight is 1360 g/mol. The van der Waals surface area contributed by atoms with Gasteiger partial charge in [0.1, 0.15) is 82.9 Å². The first-order chi connectivity index (χ1) is 40.9. The van der Waals surface area contributed by atoms with E-state index in [9.17, 15) is 83.1 Å². The molecule has 11 N–H and O–H groups in total. The van der Waals surface area contributed by atoms with Crippen LogP contribution in [0.5, 0.6) is 0 Å². The predicted molar refractivity (Wildman–Crippen MR) is 288 cm³/mol. The molecular weight excluding hydrogens is 1270 g/mol. The van der Waals surface area contributed by atoms with Gasteiger partial charge in [0.05, 0.1) is 67.3 Å². The second kappa shape index (κ2) is 31.9. The van der Waals surface area contributed by atoms with Gasteiger partial charge in [0, 0.05) is 23.5 Å². The second-order valence-electron chi connectivity index (χ2n) is 22.8. The van der Waals surface area contributed by atoms with Crippen LogP contribution in [0.2, 0.25) is 0 Å². The monoisotopic (exact) mass is 1360 g/mol. The average Bonchev–Trinajstić information content (AvgIpc) is 1.12. The van der Waals surface area contributed by atoms with Crippen LogP contribution in [-0.4, -0.2) is 267 Å². The highest BCUT2D eigenvalue weighted by molar-refractivity contribution is 7.91. The molecule has 6 aliphatic heterocycles. The summed E-state index contributed by atoms with van der Waals surface area (Å²) in [4.78, 5) is 0. The first kappa shape index (κ1) is 75.7. The topological polar surface area (TPSA) is 519 Å². The molecule has 6 heterocycles. The zero-order chi connectivity index (χ0) is 65.7. The number of aliphatic hydroxyl groups is 7. The lowest BCUT2D eigenvalue weighted by molar-refractivity contribution is -0.375. The molecule has 0 bridgehead atoms. The lowest BCUT2D eigenvalue weighted by atomic mass is 9.90. The molecule has 30 atom stereocenters. The van der Waals surface area contributed by atoms with Crippen molar-refractivity contribution in [1.29, 1.82) is 0 Å². The van der Waals surface area contributed by atoms with Crippen LogP contribution < -0.4 is 16.4 Å². The lowest BCUT2D eigenvalue weighted by Crippen LogP contribution is -2.68. The molecule has 0 aromatic rings. The van der Waals surface area contributed by atoms with Crippen molar-refractivity contribution in [2.24, 2.45) is 17.8 Å². The van der Waals surface area contributed by atoms with Crippen molar-refractivity contribution in [1.82, 2.24) is 16.4 Å². The van der Waals surface area contributed by atoms with E-state index in [0.717, 1.165) is 0 Å². The van der Waals surface area contributed by atoms with Gasteiger partial charge in [-0.1, -0.05) is 48.5 Å². The molecule has 0 aromatic heterocycles. The number of ether oxygens (including phenoxy) is 12. The zero-order valence-corrected chi connectivity index (χ0v) is 53.2. The van der Waals surface area contributed by atoms with Gasteiger partial charge in [0.15, 0.2) is 37.7 Å². The van der Waals surface area contributed by atoms with E-state index in [1.165, 1.54) is 34.6 Å². The maximum Gasteiger partial charge on any atom is 0.413 e. The second-order valence-corrected chi connectivity index (χ2v) is 28.1. The van der Waals surface area contributed by atoms with Crippen LogP contribution in [0.1, 0.15) is 101 Å². The molecule has 0 saturated carbocycles. The van der Waals surface area contributed by atoms with E-state index in [2.05, 4.69) is 12.9 Å². The van der Waals surface area contributed by atoms with Crippen LogP contribution in [-0.2, 0) is 111 Å². The van der Waals surface area contributed by atoms with Crippen LogP contribution in [0.25, 0.3) is 0 Å². The van der Waals surface area contributed by atoms with Gasteiger partial charge >= 0.3 is 10.4 Å². The Balaban J connectivity index is 1.13. The third-order valence-electron chi connectivity index (χ3n) is 16.3. The lowest BCUT2D eigenvalue weighted by Gasteiger charge is -2.51. The number of nitrogens with one attached hydrogen (secondary N) is 3. The van der Waals surface area contributed by atoms with Gasteiger partial charge in [-0.25, -0.2) is 25.3 Å². The largest absolute Gasteiger partial charge is 0.724 e. The van der Waals surface area contributed by atoms with E-state index < -0.39 is 225 Å². The van der Waals surface area contributed by atoms with E-state index in [4.69, 9.17) is 56.8 Å². The van der Waals surface area contributed by atoms with E-state index in [0.29, 0.717) is 6.42 Å². The highest BCUT2D eigenvalue weighted by atomic mass is 32.3. The minimum absolute atomic E-state index is 0.00806. The fourth-order valence-electron chi connectivity index (χ4n) is 11.4. The van der Waals surface area contributed by atoms with E-state index in [1.807, 2.05) is 16.4 Å². The minimum Gasteiger partial charge on any atom is -0.724 e. The summed E-state index contributed by atoms with van der Waals surface area (Å²) in [6.07, 6.45) is -33.7. The Bertz CT molecular complexity index is 2640. The Morgan fingerprint density at radius 1 is 0.409 bits per heavy atom. The molecule has 88 heavy (non-hydrogen) atoms. The first-order valence-corrected chi connectivity index (χ1v) is 34.8. The van der Waals surface area contributed by atoms with E-state index in [1.54, 1.807) is 34.6 Å². The Kier molecular flexibility index (Phi) is 27.5. The van der Waals surface area contributed by atoms with Crippen LogP contribution >= 0.6 is 0 Å². The molecule has 40 heteroatoms. The number of sulfone groups is 1. The molecule has 518 valence electrons. The normalized spacial score (nSPS) is 44.2. The highest BCUT2D eigenvalue weighted by Gasteiger charge is 2.57. The van der Waals surface area contributed by atoms with Gasteiger partial charge in [-0.3, -0.25) is 4.55 Å². The highest BCUT2D eigenvalue weighted by Crippen LogP contribution is 2.40. The Labute approximate surface area is 511 Å². The summed E-state index contributed by atoms with van der Waals surface area (Å²) in [5, 5.41) is 80.5. The summed E-state index contributed by atoms with van der Waals surface area (Å²) in [6, 6.07) is -5.29. The number of hydrogen-bond acceptors (Lipinski definition) is 35. The predicted octanol–water partition coefficient (Wildman–Crippen LogP) is -4.39. The fourth-order valence-corrected chi connectivity index (χ4v) is 13.4. The number of hydroxylamine groups is 3. The van der Waals surface area contributed by atoms with Crippen molar-refractivity contribution in [3.63, 3.8) is 0 Å². The zero-order valence-electron chi connectivity index (χ0n) is 49.9. The molecule has 36 nitrogen and oxygen atoms in total. The molecule has 12 unspecified atom stereocenters. The molecule has 6 aliphatic rings.